The molecule has 0 spiro atoms. The predicted molar refractivity (Wildman–Crippen MR) is 250 cm³/mol. The highest BCUT2D eigenvalue weighted by Gasteiger charge is 2.19. The molecular formula is C57H36N2. The maximum Gasteiger partial charge on any atom is 0.0794 e. The van der Waals surface area contributed by atoms with Gasteiger partial charge in [-0.25, -0.2) is 4.98 Å². The molecule has 0 unspecified atom stereocenters. The minimum absolute atomic E-state index is 0.999. The number of pyridine rings is 1. The maximum atomic E-state index is 5.63. The van der Waals surface area contributed by atoms with E-state index in [4.69, 9.17) is 4.98 Å². The Balaban J connectivity index is 1.10. The average molecular weight is 749 g/mol. The Hall–Kier alpha value is -7.81. The van der Waals surface area contributed by atoms with Crippen molar-refractivity contribution in [1.82, 2.24) is 9.55 Å². The van der Waals surface area contributed by atoms with Crippen LogP contribution < -0.4 is 0 Å². The first kappa shape index (κ1) is 33.3. The summed E-state index contributed by atoms with van der Waals surface area (Å²) >= 11 is 0. The number of rotatable bonds is 5. The first-order valence-electron chi connectivity index (χ1n) is 20.3. The molecule has 0 saturated heterocycles. The summed E-state index contributed by atoms with van der Waals surface area (Å²) in [5.74, 6) is 0. The van der Waals surface area contributed by atoms with E-state index in [1.807, 2.05) is 0 Å². The van der Waals surface area contributed by atoms with Crippen LogP contribution in [0, 0.1) is 0 Å². The van der Waals surface area contributed by atoms with Crippen LogP contribution in [0.3, 0.4) is 0 Å². The van der Waals surface area contributed by atoms with Crippen LogP contribution in [0.5, 0.6) is 0 Å². The molecule has 0 aliphatic heterocycles. The van der Waals surface area contributed by atoms with Crippen LogP contribution in [0.25, 0.3) is 115 Å². The SMILES string of the molecule is c1ccc(-c2ccc3c(c2)c2cc(-c4ccccc4)ccc2n3-c2cccc(-c3cccc4c3nc(-c3ccc5ccccc5c3)c3ccc5ccccc5c34)c2)cc1. The van der Waals surface area contributed by atoms with Crippen LogP contribution in [-0.4, -0.2) is 9.55 Å². The van der Waals surface area contributed by atoms with E-state index in [-0.39, 0.29) is 0 Å². The molecule has 59 heavy (non-hydrogen) atoms. The molecule has 0 bridgehead atoms. The number of fused-ring (bicyclic) bond motifs is 9. The quantitative estimate of drug-likeness (QED) is 0.160. The molecule has 2 heteroatoms. The monoisotopic (exact) mass is 748 g/mol. The lowest BCUT2D eigenvalue weighted by atomic mass is 9.92. The summed E-state index contributed by atoms with van der Waals surface area (Å²) in [5.41, 5.74) is 13.7. The predicted octanol–water partition coefficient (Wildman–Crippen LogP) is 15.5. The highest BCUT2D eigenvalue weighted by molar-refractivity contribution is 6.24. The summed E-state index contributed by atoms with van der Waals surface area (Å²) in [4.78, 5) is 5.63. The maximum absolute atomic E-state index is 5.63. The number of hydrogen-bond acceptors (Lipinski definition) is 1. The van der Waals surface area contributed by atoms with Crippen molar-refractivity contribution < 1.29 is 0 Å². The first-order valence-corrected chi connectivity index (χ1v) is 20.3. The van der Waals surface area contributed by atoms with E-state index < -0.39 is 0 Å². The summed E-state index contributed by atoms with van der Waals surface area (Å²) < 4.78 is 2.43. The van der Waals surface area contributed by atoms with Gasteiger partial charge in [0.1, 0.15) is 0 Å². The zero-order chi connectivity index (χ0) is 38.9. The van der Waals surface area contributed by atoms with E-state index >= 15 is 0 Å². The van der Waals surface area contributed by atoms with Gasteiger partial charge in [-0.3, -0.25) is 0 Å². The van der Waals surface area contributed by atoms with Gasteiger partial charge in [-0.15, -0.1) is 0 Å². The zero-order valence-electron chi connectivity index (χ0n) is 32.2. The number of para-hydroxylation sites is 1. The Morgan fingerprint density at radius 1 is 0.305 bits per heavy atom. The summed E-state index contributed by atoms with van der Waals surface area (Å²) in [6.07, 6.45) is 0. The molecule has 0 atom stereocenters. The van der Waals surface area contributed by atoms with Crippen molar-refractivity contribution in [3.05, 3.63) is 218 Å². The van der Waals surface area contributed by atoms with Crippen molar-refractivity contribution in [1.29, 1.82) is 0 Å². The third-order valence-corrected chi connectivity index (χ3v) is 12.1. The molecule has 0 amide bonds. The molecule has 0 aliphatic carbocycles. The Kier molecular flexibility index (Phi) is 7.57. The molecule has 0 saturated carbocycles. The number of nitrogens with zero attached hydrogens (tertiary/aromatic N) is 2. The van der Waals surface area contributed by atoms with Crippen LogP contribution >= 0.6 is 0 Å². The van der Waals surface area contributed by atoms with Crippen molar-refractivity contribution in [2.45, 2.75) is 0 Å². The highest BCUT2D eigenvalue weighted by atomic mass is 15.0. The van der Waals surface area contributed by atoms with E-state index in [9.17, 15) is 0 Å². The molecular weight excluding hydrogens is 713 g/mol. The number of hydrogen-bond donors (Lipinski definition) is 0. The molecule has 2 heterocycles. The largest absolute Gasteiger partial charge is 0.309 e. The van der Waals surface area contributed by atoms with Crippen molar-refractivity contribution in [3.63, 3.8) is 0 Å². The standard InChI is InChI=1S/C57H36N2/c1-3-13-37(14-4-1)42-28-31-53-51(35-42)52-36-43(38-15-5-2-6-16-38)29-32-54(52)59(53)46-21-11-20-44(34-46)48-23-12-24-49-55-47-22-10-9-18-40(47)27-30-50(55)56(58-57(48)49)45-26-25-39-17-7-8-19-41(39)33-45/h1-36H. The Bertz CT molecular complexity index is 3500. The fraction of sp³-hybridized carbons (Fsp3) is 0. The minimum atomic E-state index is 0.999. The van der Waals surface area contributed by atoms with Gasteiger partial charge in [0, 0.05) is 43.7 Å². The third kappa shape index (κ3) is 5.45. The molecule has 12 rings (SSSR count). The Labute approximate surface area is 341 Å². The second-order valence-corrected chi connectivity index (χ2v) is 15.5. The van der Waals surface area contributed by atoms with Crippen molar-refractivity contribution >= 4 is 65.0 Å². The molecule has 0 aliphatic rings. The van der Waals surface area contributed by atoms with Gasteiger partial charge in [0.2, 0.25) is 0 Å². The first-order chi connectivity index (χ1) is 29.2. The molecule has 2 nitrogen and oxygen atoms in total. The number of aromatic nitrogens is 2. The highest BCUT2D eigenvalue weighted by Crippen LogP contribution is 2.42. The van der Waals surface area contributed by atoms with Crippen LogP contribution in [0.2, 0.25) is 0 Å². The Morgan fingerprint density at radius 3 is 1.61 bits per heavy atom. The van der Waals surface area contributed by atoms with Crippen molar-refractivity contribution in [2.24, 2.45) is 0 Å². The van der Waals surface area contributed by atoms with Gasteiger partial charge in [-0.2, -0.15) is 0 Å². The van der Waals surface area contributed by atoms with Crippen molar-refractivity contribution in [3.8, 4) is 50.3 Å². The van der Waals surface area contributed by atoms with E-state index in [2.05, 4.69) is 223 Å². The zero-order valence-corrected chi connectivity index (χ0v) is 32.2. The molecule has 274 valence electrons. The third-order valence-electron chi connectivity index (χ3n) is 12.1. The van der Waals surface area contributed by atoms with Crippen LogP contribution in [0.1, 0.15) is 0 Å². The molecule has 0 radical (unpaired) electrons. The van der Waals surface area contributed by atoms with Gasteiger partial charge in [0.15, 0.2) is 0 Å². The van der Waals surface area contributed by atoms with Gasteiger partial charge in [-0.05, 0) is 91.8 Å². The van der Waals surface area contributed by atoms with Gasteiger partial charge in [-0.1, -0.05) is 176 Å². The number of benzene rings is 10. The molecule has 10 aromatic carbocycles. The lowest BCUT2D eigenvalue weighted by Crippen LogP contribution is -1.96. The van der Waals surface area contributed by atoms with Crippen molar-refractivity contribution in [2.75, 3.05) is 0 Å². The van der Waals surface area contributed by atoms with Gasteiger partial charge in [0.05, 0.1) is 22.2 Å². The fourth-order valence-corrected chi connectivity index (χ4v) is 9.32. The van der Waals surface area contributed by atoms with Gasteiger partial charge < -0.3 is 4.57 Å². The average Bonchev–Trinajstić information content (AvgIpc) is 3.64. The van der Waals surface area contributed by atoms with E-state index in [0.29, 0.717) is 0 Å². The van der Waals surface area contributed by atoms with E-state index in [1.165, 1.54) is 71.0 Å². The smallest absolute Gasteiger partial charge is 0.0794 e. The van der Waals surface area contributed by atoms with E-state index in [0.717, 1.165) is 44.4 Å². The fourth-order valence-electron chi connectivity index (χ4n) is 9.32. The molecule has 0 fully saturated rings. The lowest BCUT2D eigenvalue weighted by Gasteiger charge is -2.16. The summed E-state index contributed by atoms with van der Waals surface area (Å²) in [7, 11) is 0. The van der Waals surface area contributed by atoms with Crippen LogP contribution in [0.15, 0.2) is 218 Å². The minimum Gasteiger partial charge on any atom is -0.309 e. The molecule has 2 aromatic heterocycles. The van der Waals surface area contributed by atoms with E-state index in [1.54, 1.807) is 0 Å². The summed E-state index contributed by atoms with van der Waals surface area (Å²) in [6, 6.07) is 79.4. The summed E-state index contributed by atoms with van der Waals surface area (Å²) in [5, 5.41) is 10.9. The lowest BCUT2D eigenvalue weighted by molar-refractivity contribution is 1.18. The summed E-state index contributed by atoms with van der Waals surface area (Å²) in [6.45, 7) is 0. The van der Waals surface area contributed by atoms with Crippen LogP contribution in [-0.2, 0) is 0 Å². The Morgan fingerprint density at radius 2 is 0.881 bits per heavy atom. The second kappa shape index (κ2) is 13.4. The molecule has 12 aromatic rings. The van der Waals surface area contributed by atoms with Gasteiger partial charge in [0.25, 0.3) is 0 Å². The topological polar surface area (TPSA) is 17.8 Å². The molecule has 0 N–H and O–H groups in total. The van der Waals surface area contributed by atoms with Gasteiger partial charge >= 0.3 is 0 Å². The second-order valence-electron chi connectivity index (χ2n) is 15.5. The van der Waals surface area contributed by atoms with Crippen LogP contribution in [0.4, 0.5) is 0 Å². The normalized spacial score (nSPS) is 11.7.